The molecule has 1 aromatic heterocycles. The molecule has 28 heavy (non-hydrogen) atoms. The van der Waals surface area contributed by atoms with Crippen LogP contribution in [0.5, 0.6) is 0 Å². The molecule has 0 aliphatic carbocycles. The Morgan fingerprint density at radius 3 is 2.93 bits per heavy atom. The number of nitrogens with zero attached hydrogens (tertiary/aromatic N) is 3. The third-order valence-corrected chi connectivity index (χ3v) is 5.97. The van der Waals surface area contributed by atoms with Crippen LogP contribution in [0.4, 0.5) is 4.39 Å². The Morgan fingerprint density at radius 1 is 1.43 bits per heavy atom. The normalized spacial score (nSPS) is 19.0. The Labute approximate surface area is 172 Å². The van der Waals surface area contributed by atoms with E-state index < -0.39 is 17.8 Å². The first-order chi connectivity index (χ1) is 13.5. The lowest BCUT2D eigenvalue weighted by atomic mass is 9.94. The summed E-state index contributed by atoms with van der Waals surface area (Å²) >= 11 is 4.73. The van der Waals surface area contributed by atoms with Crippen molar-refractivity contribution in [3.8, 4) is 0 Å². The highest BCUT2D eigenvalue weighted by Crippen LogP contribution is 2.42. The number of aliphatic imine (C=N–C) groups is 1. The quantitative estimate of drug-likeness (QED) is 0.642. The van der Waals surface area contributed by atoms with Crippen LogP contribution in [-0.4, -0.2) is 34.2 Å². The Bertz CT molecular complexity index is 1020. The minimum absolute atomic E-state index is 0.137. The van der Waals surface area contributed by atoms with Crippen molar-refractivity contribution < 1.29 is 18.7 Å². The van der Waals surface area contributed by atoms with Gasteiger partial charge in [-0.15, -0.1) is 11.3 Å². The monoisotopic (exact) mass is 463 g/mol. The van der Waals surface area contributed by atoms with Gasteiger partial charge in [0.25, 0.3) is 0 Å². The maximum absolute atomic E-state index is 13.6. The number of rotatable bonds is 4. The van der Waals surface area contributed by atoms with Gasteiger partial charge in [0.05, 0.1) is 12.2 Å². The van der Waals surface area contributed by atoms with Crippen molar-refractivity contribution in [2.24, 2.45) is 4.99 Å². The molecule has 0 N–H and O–H groups in total. The summed E-state index contributed by atoms with van der Waals surface area (Å²) in [5.74, 6) is -0.664. The van der Waals surface area contributed by atoms with Crippen molar-refractivity contribution in [3.05, 3.63) is 61.9 Å². The van der Waals surface area contributed by atoms with E-state index in [9.17, 15) is 14.0 Å². The number of carbonyl (C=O) groups is 2. The van der Waals surface area contributed by atoms with E-state index in [-0.39, 0.29) is 18.9 Å². The zero-order valence-electron chi connectivity index (χ0n) is 14.8. The standard InChI is InChI=1S/C19H15BrFN3O3S/c1-2-27-19(26)15-13-5-6-14(25)24(13)17(18-22-7-8-28-18)23-16(15)11-4-3-10(21)9-12(11)20/h3-4,7-9,16H,2,5-6H2,1H3. The van der Waals surface area contributed by atoms with Crippen molar-refractivity contribution in [2.75, 3.05) is 6.61 Å². The van der Waals surface area contributed by atoms with E-state index in [4.69, 9.17) is 9.73 Å². The number of benzene rings is 1. The van der Waals surface area contributed by atoms with Gasteiger partial charge in [0.15, 0.2) is 10.8 Å². The molecule has 3 heterocycles. The predicted molar refractivity (Wildman–Crippen MR) is 105 cm³/mol. The lowest BCUT2D eigenvalue weighted by Gasteiger charge is -2.30. The Kier molecular flexibility index (Phi) is 5.11. The average molecular weight is 464 g/mol. The molecule has 4 rings (SSSR count). The molecule has 1 atom stereocenters. The van der Waals surface area contributed by atoms with Gasteiger partial charge in [-0.25, -0.2) is 14.2 Å². The number of esters is 1. The van der Waals surface area contributed by atoms with Crippen molar-refractivity contribution in [1.29, 1.82) is 0 Å². The minimum Gasteiger partial charge on any atom is -0.463 e. The van der Waals surface area contributed by atoms with Crippen LogP contribution < -0.4 is 0 Å². The van der Waals surface area contributed by atoms with Crippen molar-refractivity contribution in [2.45, 2.75) is 25.8 Å². The van der Waals surface area contributed by atoms with Crippen LogP contribution >= 0.6 is 27.3 Å². The van der Waals surface area contributed by atoms with E-state index >= 15 is 0 Å². The van der Waals surface area contributed by atoms with E-state index in [1.54, 1.807) is 24.6 Å². The van der Waals surface area contributed by atoms with Crippen LogP contribution in [0.3, 0.4) is 0 Å². The summed E-state index contributed by atoms with van der Waals surface area (Å²) in [6.07, 6.45) is 2.32. The van der Waals surface area contributed by atoms with Crippen LogP contribution in [0.2, 0.25) is 0 Å². The fourth-order valence-electron chi connectivity index (χ4n) is 3.37. The number of amidine groups is 1. The molecular formula is C19H15BrFN3O3S. The molecular weight excluding hydrogens is 449 g/mol. The largest absolute Gasteiger partial charge is 0.463 e. The van der Waals surface area contributed by atoms with E-state index in [2.05, 4.69) is 20.9 Å². The van der Waals surface area contributed by atoms with Gasteiger partial charge < -0.3 is 4.74 Å². The van der Waals surface area contributed by atoms with Gasteiger partial charge in [-0.05, 0) is 31.0 Å². The second-order valence-electron chi connectivity index (χ2n) is 6.17. The minimum atomic E-state index is -0.731. The van der Waals surface area contributed by atoms with E-state index in [1.807, 2.05) is 0 Å². The molecule has 144 valence electrons. The highest BCUT2D eigenvalue weighted by Gasteiger charge is 2.43. The second-order valence-corrected chi connectivity index (χ2v) is 7.92. The Hall–Kier alpha value is -2.39. The number of amides is 1. The summed E-state index contributed by atoms with van der Waals surface area (Å²) in [6, 6.07) is 3.50. The van der Waals surface area contributed by atoms with Gasteiger partial charge in [0.1, 0.15) is 11.9 Å². The number of hydrogen-bond acceptors (Lipinski definition) is 6. The lowest BCUT2D eigenvalue weighted by molar-refractivity contribution is -0.139. The topological polar surface area (TPSA) is 71.9 Å². The van der Waals surface area contributed by atoms with Crippen LogP contribution in [0.15, 0.2) is 50.5 Å². The second kappa shape index (κ2) is 7.56. The Morgan fingerprint density at radius 2 is 2.25 bits per heavy atom. The first kappa shape index (κ1) is 18.9. The highest BCUT2D eigenvalue weighted by molar-refractivity contribution is 9.10. The zero-order valence-corrected chi connectivity index (χ0v) is 17.2. The molecule has 9 heteroatoms. The van der Waals surface area contributed by atoms with Crippen molar-refractivity contribution >= 4 is 45.0 Å². The number of carbonyl (C=O) groups excluding carboxylic acids is 2. The zero-order chi connectivity index (χ0) is 19.8. The smallest absolute Gasteiger partial charge is 0.338 e. The van der Waals surface area contributed by atoms with Gasteiger partial charge >= 0.3 is 5.97 Å². The highest BCUT2D eigenvalue weighted by atomic mass is 79.9. The summed E-state index contributed by atoms with van der Waals surface area (Å²) in [5.41, 5.74) is 1.50. The van der Waals surface area contributed by atoms with Crippen molar-refractivity contribution in [3.63, 3.8) is 0 Å². The van der Waals surface area contributed by atoms with E-state index in [1.165, 1.54) is 28.4 Å². The predicted octanol–water partition coefficient (Wildman–Crippen LogP) is 3.99. The summed E-state index contributed by atoms with van der Waals surface area (Å²) in [6.45, 7) is 1.92. The molecule has 6 nitrogen and oxygen atoms in total. The summed E-state index contributed by atoms with van der Waals surface area (Å²) < 4.78 is 19.4. The number of allylic oxidation sites excluding steroid dienone is 1. The fourth-order valence-corrected chi connectivity index (χ4v) is 4.56. The Balaban J connectivity index is 1.93. The first-order valence-electron chi connectivity index (χ1n) is 8.67. The van der Waals surface area contributed by atoms with Gasteiger partial charge in [-0.2, -0.15) is 0 Å². The fraction of sp³-hybridized carbons (Fsp3) is 0.263. The molecule has 2 aliphatic rings. The molecule has 0 bridgehead atoms. The SMILES string of the molecule is CCOC(=O)C1=C2CCC(=O)N2C(c2nccs2)=NC1c1ccc(F)cc1Br. The molecule has 1 amide bonds. The van der Waals surface area contributed by atoms with Crippen LogP contribution in [0.1, 0.15) is 36.4 Å². The van der Waals surface area contributed by atoms with Crippen LogP contribution in [0, 0.1) is 5.82 Å². The number of ether oxygens (including phenoxy) is 1. The maximum atomic E-state index is 13.6. The van der Waals surface area contributed by atoms with E-state index in [0.29, 0.717) is 38.6 Å². The van der Waals surface area contributed by atoms with Crippen LogP contribution in [-0.2, 0) is 14.3 Å². The average Bonchev–Trinajstić information content (AvgIpc) is 3.31. The summed E-state index contributed by atoms with van der Waals surface area (Å²) in [7, 11) is 0. The van der Waals surface area contributed by atoms with Crippen LogP contribution in [0.25, 0.3) is 0 Å². The molecule has 1 aromatic carbocycles. The number of halogens is 2. The number of fused-ring (bicyclic) bond motifs is 1. The molecule has 2 aromatic rings. The number of thiazole rings is 1. The van der Waals surface area contributed by atoms with Crippen molar-refractivity contribution in [1.82, 2.24) is 9.88 Å². The van der Waals surface area contributed by atoms with Gasteiger partial charge in [-0.1, -0.05) is 22.0 Å². The molecule has 1 fully saturated rings. The van der Waals surface area contributed by atoms with E-state index in [0.717, 1.165) is 0 Å². The van der Waals surface area contributed by atoms with Gasteiger partial charge in [0.2, 0.25) is 5.91 Å². The number of hydrogen-bond donors (Lipinski definition) is 0. The molecule has 2 aliphatic heterocycles. The number of aromatic nitrogens is 1. The van der Waals surface area contributed by atoms with Gasteiger partial charge in [-0.3, -0.25) is 14.7 Å². The molecule has 1 saturated heterocycles. The maximum Gasteiger partial charge on any atom is 0.338 e. The molecule has 0 saturated carbocycles. The van der Waals surface area contributed by atoms with Gasteiger partial charge in [0, 0.05) is 28.2 Å². The summed E-state index contributed by atoms with van der Waals surface area (Å²) in [4.78, 5) is 35.9. The third-order valence-electron chi connectivity index (χ3n) is 4.52. The third kappa shape index (κ3) is 3.18. The summed E-state index contributed by atoms with van der Waals surface area (Å²) in [5, 5.41) is 2.38. The lowest BCUT2D eigenvalue weighted by Crippen LogP contribution is -2.37. The molecule has 1 unspecified atom stereocenters. The first-order valence-corrected chi connectivity index (χ1v) is 10.3. The molecule has 0 spiro atoms. The molecule has 0 radical (unpaired) electrons.